The summed E-state index contributed by atoms with van der Waals surface area (Å²) in [5.74, 6) is 2.00. The van der Waals surface area contributed by atoms with Crippen LogP contribution in [0.5, 0.6) is 0 Å². The summed E-state index contributed by atoms with van der Waals surface area (Å²) in [4.78, 5) is 0. The fourth-order valence-corrected chi connectivity index (χ4v) is 2.20. The van der Waals surface area contributed by atoms with Gasteiger partial charge in [0.2, 0.25) is 0 Å². The van der Waals surface area contributed by atoms with E-state index in [1.54, 1.807) is 7.11 Å². The van der Waals surface area contributed by atoms with E-state index < -0.39 is 0 Å². The molecular formula is C15H27NO2. The Labute approximate surface area is 111 Å². The van der Waals surface area contributed by atoms with Crippen molar-refractivity contribution in [1.82, 2.24) is 5.32 Å². The van der Waals surface area contributed by atoms with E-state index >= 15 is 0 Å². The van der Waals surface area contributed by atoms with Gasteiger partial charge in [-0.15, -0.1) is 0 Å². The molecule has 104 valence electrons. The van der Waals surface area contributed by atoms with Crippen LogP contribution in [-0.2, 0) is 4.74 Å². The molecule has 0 radical (unpaired) electrons. The van der Waals surface area contributed by atoms with Gasteiger partial charge >= 0.3 is 0 Å². The lowest BCUT2D eigenvalue weighted by molar-refractivity contribution is 0.0117. The number of hydrogen-bond acceptors (Lipinski definition) is 3. The number of aryl methyl sites for hydroxylation is 2. The molecule has 0 aromatic carbocycles. The smallest absolute Gasteiger partial charge is 0.105 e. The molecule has 0 amide bonds. The molecule has 0 saturated heterocycles. The van der Waals surface area contributed by atoms with Crippen LogP contribution in [0.2, 0.25) is 0 Å². The first-order chi connectivity index (χ1) is 8.39. The fraction of sp³-hybridized carbons (Fsp3) is 0.733. The summed E-state index contributed by atoms with van der Waals surface area (Å²) < 4.78 is 11.1. The highest BCUT2D eigenvalue weighted by Gasteiger charge is 2.22. The van der Waals surface area contributed by atoms with Gasteiger partial charge in [-0.05, 0) is 53.1 Å². The number of ether oxygens (including phenoxy) is 1. The second-order valence-electron chi connectivity index (χ2n) is 5.48. The monoisotopic (exact) mass is 253 g/mol. The lowest BCUT2D eigenvalue weighted by Crippen LogP contribution is -2.27. The number of rotatable bonds is 7. The van der Waals surface area contributed by atoms with E-state index in [2.05, 4.69) is 32.2 Å². The predicted octanol–water partition coefficient (Wildman–Crippen LogP) is 3.75. The Morgan fingerprint density at radius 3 is 2.50 bits per heavy atom. The Kier molecular flexibility index (Phi) is 5.42. The minimum atomic E-state index is -0.0691. The van der Waals surface area contributed by atoms with Crippen LogP contribution in [-0.4, -0.2) is 19.3 Å². The quantitative estimate of drug-likeness (QED) is 0.803. The number of nitrogens with one attached hydrogen (secondary N) is 1. The van der Waals surface area contributed by atoms with E-state index in [1.165, 1.54) is 5.56 Å². The maximum absolute atomic E-state index is 5.63. The minimum absolute atomic E-state index is 0.0691. The minimum Gasteiger partial charge on any atom is -0.466 e. The van der Waals surface area contributed by atoms with Crippen LogP contribution in [0.15, 0.2) is 10.5 Å². The molecule has 3 nitrogen and oxygen atoms in total. The Morgan fingerprint density at radius 2 is 2.06 bits per heavy atom. The highest BCUT2D eigenvalue weighted by atomic mass is 16.5. The first kappa shape index (κ1) is 15.3. The molecular weight excluding hydrogens is 226 g/mol. The van der Waals surface area contributed by atoms with Crippen molar-refractivity contribution < 1.29 is 9.15 Å². The summed E-state index contributed by atoms with van der Waals surface area (Å²) in [5.41, 5.74) is 1.21. The summed E-state index contributed by atoms with van der Waals surface area (Å²) >= 11 is 0. The average molecular weight is 253 g/mol. The highest BCUT2D eigenvalue weighted by molar-refractivity contribution is 5.24. The summed E-state index contributed by atoms with van der Waals surface area (Å²) in [6.45, 7) is 11.4. The number of furan rings is 1. The van der Waals surface area contributed by atoms with Crippen molar-refractivity contribution in [2.24, 2.45) is 0 Å². The molecule has 1 atom stereocenters. The van der Waals surface area contributed by atoms with E-state index in [4.69, 9.17) is 9.15 Å². The van der Waals surface area contributed by atoms with Crippen molar-refractivity contribution in [1.29, 1.82) is 0 Å². The summed E-state index contributed by atoms with van der Waals surface area (Å²) in [6.07, 6.45) is 2.07. The second-order valence-corrected chi connectivity index (χ2v) is 5.48. The lowest BCUT2D eigenvalue weighted by atomic mass is 9.95. The van der Waals surface area contributed by atoms with E-state index in [1.807, 2.05) is 13.8 Å². The molecule has 0 spiro atoms. The van der Waals surface area contributed by atoms with Crippen molar-refractivity contribution >= 4 is 0 Å². The predicted molar refractivity (Wildman–Crippen MR) is 74.9 cm³/mol. The first-order valence-electron chi connectivity index (χ1n) is 6.75. The van der Waals surface area contributed by atoms with E-state index in [9.17, 15) is 0 Å². The summed E-state index contributed by atoms with van der Waals surface area (Å²) in [7, 11) is 1.77. The molecule has 0 fully saturated rings. The maximum Gasteiger partial charge on any atom is 0.105 e. The zero-order valence-electron chi connectivity index (χ0n) is 12.6. The summed E-state index contributed by atoms with van der Waals surface area (Å²) in [6, 6.07) is 2.49. The Hall–Kier alpha value is -0.800. The van der Waals surface area contributed by atoms with E-state index in [-0.39, 0.29) is 5.60 Å². The molecule has 0 bridgehead atoms. The van der Waals surface area contributed by atoms with Crippen molar-refractivity contribution in [2.45, 2.75) is 59.1 Å². The normalized spacial score (nSPS) is 13.9. The molecule has 1 N–H and O–H groups in total. The van der Waals surface area contributed by atoms with Crippen LogP contribution in [0.3, 0.4) is 0 Å². The molecule has 0 saturated carbocycles. The number of methoxy groups -OCH3 is 1. The molecule has 18 heavy (non-hydrogen) atoms. The third-order valence-corrected chi connectivity index (χ3v) is 3.49. The second kappa shape index (κ2) is 6.39. The third-order valence-electron chi connectivity index (χ3n) is 3.49. The molecule has 1 unspecified atom stereocenters. The van der Waals surface area contributed by atoms with Gasteiger partial charge in [0.15, 0.2) is 0 Å². The van der Waals surface area contributed by atoms with Gasteiger partial charge in [0.1, 0.15) is 11.5 Å². The topological polar surface area (TPSA) is 34.4 Å². The Bertz CT molecular complexity index is 369. The van der Waals surface area contributed by atoms with Crippen molar-refractivity contribution in [3.8, 4) is 0 Å². The van der Waals surface area contributed by atoms with Gasteiger partial charge < -0.3 is 14.5 Å². The molecule has 0 aliphatic carbocycles. The van der Waals surface area contributed by atoms with Gasteiger partial charge in [0.25, 0.3) is 0 Å². The van der Waals surface area contributed by atoms with Crippen LogP contribution < -0.4 is 5.32 Å². The molecule has 1 aromatic heterocycles. The molecule has 1 rings (SSSR count). The fourth-order valence-electron chi connectivity index (χ4n) is 2.20. The standard InChI is InChI=1S/C15H27NO2/c1-7-16-14(8-9-15(4,5)17-6)13-10-11(2)18-12(13)3/h10,14,16H,7-9H2,1-6H3. The van der Waals surface area contributed by atoms with Gasteiger partial charge in [-0.25, -0.2) is 0 Å². The van der Waals surface area contributed by atoms with E-state index in [0.29, 0.717) is 6.04 Å². The van der Waals surface area contributed by atoms with Crippen LogP contribution >= 0.6 is 0 Å². The zero-order chi connectivity index (χ0) is 13.8. The Morgan fingerprint density at radius 1 is 1.39 bits per heavy atom. The zero-order valence-corrected chi connectivity index (χ0v) is 12.6. The Balaban J connectivity index is 2.74. The summed E-state index contributed by atoms with van der Waals surface area (Å²) in [5, 5.41) is 3.53. The largest absolute Gasteiger partial charge is 0.466 e. The van der Waals surface area contributed by atoms with Gasteiger partial charge in [-0.3, -0.25) is 0 Å². The molecule has 3 heteroatoms. The van der Waals surface area contributed by atoms with Crippen molar-refractivity contribution in [3.63, 3.8) is 0 Å². The van der Waals surface area contributed by atoms with Crippen molar-refractivity contribution in [3.05, 3.63) is 23.2 Å². The highest BCUT2D eigenvalue weighted by Crippen LogP contribution is 2.28. The van der Waals surface area contributed by atoms with E-state index in [0.717, 1.165) is 30.9 Å². The molecule has 1 aromatic rings. The van der Waals surface area contributed by atoms with Crippen LogP contribution in [0.25, 0.3) is 0 Å². The molecule has 1 heterocycles. The molecule has 0 aliphatic heterocycles. The van der Waals surface area contributed by atoms with Gasteiger partial charge in [-0.1, -0.05) is 6.92 Å². The lowest BCUT2D eigenvalue weighted by Gasteiger charge is -2.26. The van der Waals surface area contributed by atoms with Gasteiger partial charge in [0.05, 0.1) is 5.60 Å². The third kappa shape index (κ3) is 4.14. The number of hydrogen-bond donors (Lipinski definition) is 1. The SMILES string of the molecule is CCNC(CCC(C)(C)OC)c1cc(C)oc1C. The first-order valence-corrected chi connectivity index (χ1v) is 6.75. The maximum atomic E-state index is 5.63. The van der Waals surface area contributed by atoms with Crippen LogP contribution in [0.1, 0.15) is 56.7 Å². The van der Waals surface area contributed by atoms with Crippen LogP contribution in [0.4, 0.5) is 0 Å². The van der Waals surface area contributed by atoms with Crippen LogP contribution in [0, 0.1) is 13.8 Å². The average Bonchev–Trinajstić information content (AvgIpc) is 2.64. The van der Waals surface area contributed by atoms with Gasteiger partial charge in [-0.2, -0.15) is 0 Å². The van der Waals surface area contributed by atoms with Crippen molar-refractivity contribution in [2.75, 3.05) is 13.7 Å². The molecule has 0 aliphatic rings. The van der Waals surface area contributed by atoms with Gasteiger partial charge in [0, 0.05) is 18.7 Å².